The van der Waals surface area contributed by atoms with Crippen molar-refractivity contribution >= 4 is 34.3 Å². The van der Waals surface area contributed by atoms with E-state index >= 15 is 0 Å². The van der Waals surface area contributed by atoms with Gasteiger partial charge in [0.25, 0.3) is 5.91 Å². The first-order valence-electron chi connectivity index (χ1n) is 12.2. The molecule has 4 rings (SSSR count). The molecule has 3 N–H and O–H groups in total. The molecule has 0 saturated carbocycles. The fraction of sp³-hybridized carbons (Fsp3) is 0.241. The number of fused-ring (bicyclic) bond motifs is 1. The Bertz CT molecular complexity index is 1460. The lowest BCUT2D eigenvalue weighted by atomic mass is 10.1. The third kappa shape index (κ3) is 6.76. The Kier molecular flexibility index (Phi) is 7.76. The van der Waals surface area contributed by atoms with Crippen LogP contribution in [0.5, 0.6) is 11.5 Å². The van der Waals surface area contributed by atoms with Gasteiger partial charge in [-0.25, -0.2) is 14.8 Å². The van der Waals surface area contributed by atoms with Gasteiger partial charge in [-0.2, -0.15) is 0 Å². The Hall–Kier alpha value is -4.66. The molecule has 0 radical (unpaired) electrons. The number of rotatable bonds is 9. The summed E-state index contributed by atoms with van der Waals surface area (Å²) in [5, 5.41) is 16.1. The number of aromatic carboxylic acids is 1. The number of hydrogen-bond donors (Lipinski definition) is 3. The summed E-state index contributed by atoms with van der Waals surface area (Å²) in [6.07, 6.45) is 0. The van der Waals surface area contributed by atoms with Crippen molar-refractivity contribution in [1.29, 1.82) is 0 Å². The molecule has 0 aliphatic carbocycles. The SMILES string of the molecule is CCOc1ccc2nc(-c3cccc(OCC(=O)NC(C)(C)C)c3)nc(Nc3ccc(C(=O)O)cc3)c2c1. The fourth-order valence-electron chi connectivity index (χ4n) is 3.75. The van der Waals surface area contributed by atoms with Crippen molar-refractivity contribution in [1.82, 2.24) is 15.3 Å². The van der Waals surface area contributed by atoms with Gasteiger partial charge >= 0.3 is 5.97 Å². The quantitative estimate of drug-likeness (QED) is 0.270. The van der Waals surface area contributed by atoms with Crippen LogP contribution in [0.25, 0.3) is 22.3 Å². The first kappa shape index (κ1) is 26.4. The molecule has 38 heavy (non-hydrogen) atoms. The van der Waals surface area contributed by atoms with Crippen LogP contribution in [0.3, 0.4) is 0 Å². The van der Waals surface area contributed by atoms with Crippen molar-refractivity contribution < 1.29 is 24.2 Å². The number of carboxylic acids is 1. The van der Waals surface area contributed by atoms with Crippen molar-refractivity contribution in [3.8, 4) is 22.9 Å². The third-order valence-corrected chi connectivity index (χ3v) is 5.35. The number of aromatic nitrogens is 2. The molecule has 0 unspecified atom stereocenters. The maximum absolute atomic E-state index is 12.2. The number of carbonyl (C=O) groups is 2. The molecule has 0 bridgehead atoms. The molecule has 1 heterocycles. The van der Waals surface area contributed by atoms with E-state index in [-0.39, 0.29) is 23.6 Å². The molecule has 9 nitrogen and oxygen atoms in total. The molecular formula is C29H30N4O5. The van der Waals surface area contributed by atoms with Gasteiger partial charge in [0.05, 0.1) is 17.7 Å². The number of carbonyl (C=O) groups excluding carboxylic acids is 1. The highest BCUT2D eigenvalue weighted by Gasteiger charge is 2.15. The number of carboxylic acid groups (broad SMARTS) is 1. The highest BCUT2D eigenvalue weighted by Crippen LogP contribution is 2.31. The summed E-state index contributed by atoms with van der Waals surface area (Å²) in [7, 11) is 0. The molecule has 9 heteroatoms. The van der Waals surface area contributed by atoms with Gasteiger partial charge in [0.1, 0.15) is 17.3 Å². The zero-order valence-electron chi connectivity index (χ0n) is 21.7. The summed E-state index contributed by atoms with van der Waals surface area (Å²) >= 11 is 0. The lowest BCUT2D eigenvalue weighted by Crippen LogP contribution is -2.43. The van der Waals surface area contributed by atoms with Crippen molar-refractivity contribution in [2.75, 3.05) is 18.5 Å². The van der Waals surface area contributed by atoms with E-state index in [1.807, 2.05) is 58.0 Å². The van der Waals surface area contributed by atoms with Crippen LogP contribution in [-0.4, -0.2) is 45.7 Å². The van der Waals surface area contributed by atoms with Crippen molar-refractivity contribution in [3.63, 3.8) is 0 Å². The number of benzene rings is 3. The molecule has 0 saturated heterocycles. The topological polar surface area (TPSA) is 123 Å². The average molecular weight is 515 g/mol. The van der Waals surface area contributed by atoms with Crippen molar-refractivity contribution in [2.45, 2.75) is 33.2 Å². The summed E-state index contributed by atoms with van der Waals surface area (Å²) in [5.74, 6) is 0.979. The number of amides is 1. The van der Waals surface area contributed by atoms with Crippen LogP contribution in [0.4, 0.5) is 11.5 Å². The van der Waals surface area contributed by atoms with E-state index in [4.69, 9.17) is 19.4 Å². The molecule has 1 aromatic heterocycles. The van der Waals surface area contributed by atoms with Gasteiger partial charge in [-0.1, -0.05) is 12.1 Å². The molecule has 0 aliphatic rings. The second kappa shape index (κ2) is 11.2. The van der Waals surface area contributed by atoms with Gasteiger partial charge in [0.2, 0.25) is 0 Å². The molecule has 196 valence electrons. The summed E-state index contributed by atoms with van der Waals surface area (Å²) in [6, 6.07) is 19.2. The van der Waals surface area contributed by atoms with E-state index in [0.29, 0.717) is 46.5 Å². The standard InChI is InChI=1S/C29H30N4O5/c1-5-37-22-13-14-24-23(16-22)27(30-20-11-9-18(10-12-20)28(35)36)32-26(31-24)19-7-6-8-21(15-19)38-17-25(34)33-29(2,3)4/h6-16H,5,17H2,1-4H3,(H,33,34)(H,35,36)(H,30,31,32). The monoisotopic (exact) mass is 514 g/mol. The minimum absolute atomic E-state index is 0.112. The van der Waals surface area contributed by atoms with Crippen LogP contribution in [0.1, 0.15) is 38.1 Å². The normalized spacial score (nSPS) is 11.2. The zero-order chi connectivity index (χ0) is 27.3. The first-order valence-corrected chi connectivity index (χ1v) is 12.2. The number of hydrogen-bond acceptors (Lipinski definition) is 7. The number of nitrogens with one attached hydrogen (secondary N) is 2. The van der Waals surface area contributed by atoms with Crippen molar-refractivity contribution in [3.05, 3.63) is 72.3 Å². The maximum atomic E-state index is 12.2. The van der Waals surface area contributed by atoms with Crippen LogP contribution >= 0.6 is 0 Å². The zero-order valence-corrected chi connectivity index (χ0v) is 21.7. The molecule has 0 fully saturated rings. The maximum Gasteiger partial charge on any atom is 0.335 e. The number of anilines is 2. The minimum atomic E-state index is -0.995. The molecule has 0 aliphatic heterocycles. The van der Waals surface area contributed by atoms with E-state index < -0.39 is 5.97 Å². The van der Waals surface area contributed by atoms with Gasteiger partial charge in [-0.05, 0) is 82.3 Å². The number of nitrogens with zero attached hydrogens (tertiary/aromatic N) is 2. The molecule has 4 aromatic rings. The highest BCUT2D eigenvalue weighted by atomic mass is 16.5. The van der Waals surface area contributed by atoms with Gasteiger partial charge in [0, 0.05) is 22.2 Å². The molecule has 1 amide bonds. The Morgan fingerprint density at radius 3 is 2.34 bits per heavy atom. The van der Waals surface area contributed by atoms with Gasteiger partial charge in [0.15, 0.2) is 12.4 Å². The van der Waals surface area contributed by atoms with E-state index in [0.717, 1.165) is 5.39 Å². The largest absolute Gasteiger partial charge is 0.494 e. The Balaban J connectivity index is 1.67. The smallest absolute Gasteiger partial charge is 0.335 e. The van der Waals surface area contributed by atoms with Crippen LogP contribution in [0.2, 0.25) is 0 Å². The second-order valence-electron chi connectivity index (χ2n) is 9.63. The average Bonchev–Trinajstić information content (AvgIpc) is 2.87. The highest BCUT2D eigenvalue weighted by molar-refractivity contribution is 5.94. The first-order chi connectivity index (χ1) is 18.1. The van der Waals surface area contributed by atoms with Crippen LogP contribution in [-0.2, 0) is 4.79 Å². The predicted octanol–water partition coefficient (Wildman–Crippen LogP) is 5.43. The molecule has 0 spiro atoms. The lowest BCUT2D eigenvalue weighted by molar-refractivity contribution is -0.124. The summed E-state index contributed by atoms with van der Waals surface area (Å²) in [4.78, 5) is 32.9. The third-order valence-electron chi connectivity index (χ3n) is 5.35. The van der Waals surface area contributed by atoms with E-state index in [2.05, 4.69) is 10.6 Å². The van der Waals surface area contributed by atoms with Crippen LogP contribution < -0.4 is 20.1 Å². The Morgan fingerprint density at radius 2 is 1.66 bits per heavy atom. The molecular weight excluding hydrogens is 484 g/mol. The predicted molar refractivity (Wildman–Crippen MR) is 146 cm³/mol. The molecule has 0 atom stereocenters. The van der Waals surface area contributed by atoms with Gasteiger partial charge < -0.3 is 25.2 Å². The second-order valence-corrected chi connectivity index (χ2v) is 9.63. The number of ether oxygens (including phenoxy) is 2. The summed E-state index contributed by atoms with van der Waals surface area (Å²) in [6.45, 7) is 8.04. The van der Waals surface area contributed by atoms with E-state index in [1.54, 1.807) is 24.3 Å². The Morgan fingerprint density at radius 1 is 0.921 bits per heavy atom. The van der Waals surface area contributed by atoms with Crippen molar-refractivity contribution in [2.24, 2.45) is 0 Å². The fourth-order valence-corrected chi connectivity index (χ4v) is 3.75. The lowest BCUT2D eigenvalue weighted by Gasteiger charge is -2.20. The molecule has 3 aromatic carbocycles. The van der Waals surface area contributed by atoms with Gasteiger partial charge in [-0.3, -0.25) is 4.79 Å². The minimum Gasteiger partial charge on any atom is -0.494 e. The Labute approximate surface area is 220 Å². The van der Waals surface area contributed by atoms with E-state index in [9.17, 15) is 14.7 Å². The summed E-state index contributed by atoms with van der Waals surface area (Å²) < 4.78 is 11.4. The van der Waals surface area contributed by atoms with Crippen LogP contribution in [0.15, 0.2) is 66.7 Å². The van der Waals surface area contributed by atoms with Gasteiger partial charge in [-0.15, -0.1) is 0 Å². The van der Waals surface area contributed by atoms with E-state index in [1.165, 1.54) is 12.1 Å². The summed E-state index contributed by atoms with van der Waals surface area (Å²) in [5.41, 5.74) is 1.92. The van der Waals surface area contributed by atoms with Crippen LogP contribution in [0, 0.1) is 0 Å².